The zero-order valence-electron chi connectivity index (χ0n) is 13.3. The van der Waals surface area contributed by atoms with E-state index >= 15 is 0 Å². The van der Waals surface area contributed by atoms with Crippen molar-refractivity contribution < 1.29 is 32.4 Å². The van der Waals surface area contributed by atoms with E-state index in [0.717, 1.165) is 24.3 Å². The predicted octanol–water partition coefficient (Wildman–Crippen LogP) is 4.29. The van der Waals surface area contributed by atoms with Gasteiger partial charge in [0.25, 0.3) is 11.6 Å². The number of anilines is 1. The van der Waals surface area contributed by atoms with Gasteiger partial charge in [0.2, 0.25) is 0 Å². The number of hydrogen-bond acceptors (Lipinski definition) is 5. The lowest BCUT2D eigenvalue weighted by Gasteiger charge is -2.19. The minimum atomic E-state index is -4.72. The average Bonchev–Trinajstić information content (AvgIpc) is 2.61. The Morgan fingerprint density at radius 1 is 1.15 bits per heavy atom. The summed E-state index contributed by atoms with van der Waals surface area (Å²) in [6, 6.07) is 4.91. The van der Waals surface area contributed by atoms with Crippen molar-refractivity contribution in [1.29, 1.82) is 0 Å². The predicted molar refractivity (Wildman–Crippen MR) is 88.5 cm³/mol. The summed E-state index contributed by atoms with van der Waals surface area (Å²) in [4.78, 5) is 22.9. The van der Waals surface area contributed by atoms with E-state index in [-0.39, 0.29) is 36.0 Å². The van der Waals surface area contributed by atoms with Crippen molar-refractivity contribution in [2.45, 2.75) is 6.18 Å². The molecule has 0 radical (unpaired) electrons. The molecule has 1 aliphatic heterocycles. The molecular weight excluding hydrogens is 393 g/mol. The second-order valence-corrected chi connectivity index (χ2v) is 5.82. The quantitative estimate of drug-likeness (QED) is 0.611. The Kier molecular flexibility index (Phi) is 4.83. The molecule has 0 aliphatic carbocycles. The monoisotopic (exact) mass is 402 g/mol. The van der Waals surface area contributed by atoms with Crippen LogP contribution < -0.4 is 14.8 Å². The summed E-state index contributed by atoms with van der Waals surface area (Å²) in [5.41, 5.74) is -2.31. The van der Waals surface area contributed by atoms with Crippen LogP contribution in [0.1, 0.15) is 15.9 Å². The first-order valence-electron chi connectivity index (χ1n) is 7.43. The molecule has 3 rings (SSSR count). The van der Waals surface area contributed by atoms with E-state index in [1.807, 2.05) is 0 Å². The highest BCUT2D eigenvalue weighted by molar-refractivity contribution is 6.31. The highest BCUT2D eigenvalue weighted by Gasteiger charge is 2.34. The maximum absolute atomic E-state index is 12.9. The van der Waals surface area contributed by atoms with E-state index in [9.17, 15) is 28.1 Å². The molecule has 2 aromatic rings. The molecule has 142 valence electrons. The number of rotatable bonds is 3. The Balaban J connectivity index is 1.96. The zero-order chi connectivity index (χ0) is 19.8. The fourth-order valence-electron chi connectivity index (χ4n) is 2.43. The molecule has 27 heavy (non-hydrogen) atoms. The fraction of sp³-hybridized carbons (Fsp3) is 0.188. The number of carbonyl (C=O) groups excluding carboxylic acids is 1. The Morgan fingerprint density at radius 3 is 2.37 bits per heavy atom. The maximum Gasteiger partial charge on any atom is 0.417 e. The number of alkyl halides is 3. The topological polar surface area (TPSA) is 90.7 Å². The molecule has 0 saturated heterocycles. The van der Waals surface area contributed by atoms with Gasteiger partial charge in [-0.25, -0.2) is 0 Å². The van der Waals surface area contributed by atoms with Gasteiger partial charge in [-0.1, -0.05) is 11.6 Å². The van der Waals surface area contributed by atoms with Crippen LogP contribution in [0.2, 0.25) is 5.02 Å². The summed E-state index contributed by atoms with van der Waals surface area (Å²) in [5.74, 6) is -0.742. The average molecular weight is 403 g/mol. The van der Waals surface area contributed by atoms with Crippen molar-refractivity contribution in [2.75, 3.05) is 18.5 Å². The number of nitro benzene ring substituents is 1. The summed E-state index contributed by atoms with van der Waals surface area (Å²) in [7, 11) is 0. The number of hydrogen-bond donors (Lipinski definition) is 1. The third-order valence-electron chi connectivity index (χ3n) is 3.63. The van der Waals surface area contributed by atoms with Crippen molar-refractivity contribution in [2.24, 2.45) is 0 Å². The van der Waals surface area contributed by atoms with Gasteiger partial charge in [-0.2, -0.15) is 13.2 Å². The molecule has 1 heterocycles. The smallest absolute Gasteiger partial charge is 0.417 e. The van der Waals surface area contributed by atoms with E-state index in [1.165, 1.54) is 0 Å². The summed E-state index contributed by atoms with van der Waals surface area (Å²) in [6.07, 6.45) is -4.72. The summed E-state index contributed by atoms with van der Waals surface area (Å²) in [5, 5.41) is 12.9. The molecule has 1 amide bonds. The van der Waals surface area contributed by atoms with E-state index in [0.29, 0.717) is 6.07 Å². The first-order chi connectivity index (χ1) is 12.7. The molecule has 11 heteroatoms. The zero-order valence-corrected chi connectivity index (χ0v) is 14.1. The van der Waals surface area contributed by atoms with Gasteiger partial charge in [-0.05, 0) is 18.2 Å². The number of halogens is 4. The van der Waals surface area contributed by atoms with Crippen LogP contribution >= 0.6 is 11.6 Å². The first-order valence-corrected chi connectivity index (χ1v) is 7.81. The number of nitrogens with one attached hydrogen (secondary N) is 1. The number of benzene rings is 2. The Hall–Kier alpha value is -3.01. The molecule has 0 bridgehead atoms. The highest BCUT2D eigenvalue weighted by atomic mass is 35.5. The summed E-state index contributed by atoms with van der Waals surface area (Å²) >= 11 is 5.53. The van der Waals surface area contributed by atoms with Crippen LogP contribution in [-0.2, 0) is 6.18 Å². The summed E-state index contributed by atoms with van der Waals surface area (Å²) in [6.45, 7) is 0.388. The first kappa shape index (κ1) is 18.8. The van der Waals surface area contributed by atoms with Crippen LogP contribution in [0.25, 0.3) is 0 Å². The van der Waals surface area contributed by atoms with Crippen LogP contribution in [0.3, 0.4) is 0 Å². The van der Waals surface area contributed by atoms with E-state index in [4.69, 9.17) is 21.1 Å². The van der Waals surface area contributed by atoms with E-state index < -0.39 is 33.3 Å². The fourth-order valence-corrected chi connectivity index (χ4v) is 2.65. The molecule has 1 aliphatic rings. The van der Waals surface area contributed by atoms with Gasteiger partial charge < -0.3 is 14.8 Å². The minimum Gasteiger partial charge on any atom is -0.486 e. The molecule has 0 atom stereocenters. The van der Waals surface area contributed by atoms with Crippen molar-refractivity contribution >= 4 is 28.9 Å². The Bertz CT molecular complexity index is 933. The van der Waals surface area contributed by atoms with Crippen molar-refractivity contribution in [3.8, 4) is 11.5 Å². The van der Waals surface area contributed by atoms with Gasteiger partial charge in [0.15, 0.2) is 11.5 Å². The van der Waals surface area contributed by atoms with E-state index in [2.05, 4.69) is 5.32 Å². The third-order valence-corrected chi connectivity index (χ3v) is 3.96. The molecule has 7 nitrogen and oxygen atoms in total. The molecule has 0 aromatic heterocycles. The third kappa shape index (κ3) is 3.90. The molecule has 0 fully saturated rings. The van der Waals surface area contributed by atoms with Gasteiger partial charge in [0.1, 0.15) is 18.8 Å². The number of nitrogens with zero attached hydrogens (tertiary/aromatic N) is 1. The van der Waals surface area contributed by atoms with Gasteiger partial charge >= 0.3 is 6.18 Å². The highest BCUT2D eigenvalue weighted by Crippen LogP contribution is 2.38. The van der Waals surface area contributed by atoms with Gasteiger partial charge in [0.05, 0.1) is 21.6 Å². The van der Waals surface area contributed by atoms with Crippen LogP contribution in [-0.4, -0.2) is 24.0 Å². The lowest BCUT2D eigenvalue weighted by molar-refractivity contribution is -0.385. The van der Waals surface area contributed by atoms with Gasteiger partial charge in [-0.15, -0.1) is 0 Å². The Morgan fingerprint density at radius 2 is 1.78 bits per heavy atom. The molecule has 0 spiro atoms. The molecular formula is C16H10ClF3N2O5. The standard InChI is InChI=1S/C16H10ClF3N2O5/c17-11-2-1-8(5-10(11)16(18,19)20)21-15(23)9-6-13-14(27-4-3-26-13)7-12(9)22(24)25/h1-2,5-7H,3-4H2,(H,21,23). The van der Waals surface area contributed by atoms with Gasteiger partial charge in [0, 0.05) is 11.8 Å². The van der Waals surface area contributed by atoms with Crippen molar-refractivity contribution in [3.05, 3.63) is 56.6 Å². The van der Waals surface area contributed by atoms with Crippen LogP contribution in [0.4, 0.5) is 24.5 Å². The lowest BCUT2D eigenvalue weighted by atomic mass is 10.1. The van der Waals surface area contributed by atoms with E-state index in [1.54, 1.807) is 0 Å². The van der Waals surface area contributed by atoms with Crippen molar-refractivity contribution in [3.63, 3.8) is 0 Å². The number of nitro groups is 1. The number of ether oxygens (including phenoxy) is 2. The normalized spacial score (nSPS) is 13.2. The second kappa shape index (κ2) is 6.95. The van der Waals surface area contributed by atoms with Crippen molar-refractivity contribution in [1.82, 2.24) is 0 Å². The molecule has 2 aromatic carbocycles. The van der Waals surface area contributed by atoms with Gasteiger partial charge in [-0.3, -0.25) is 14.9 Å². The summed E-state index contributed by atoms with van der Waals surface area (Å²) < 4.78 is 49.3. The van der Waals surface area contributed by atoms with Crippen LogP contribution in [0, 0.1) is 10.1 Å². The Labute approximate surface area is 154 Å². The minimum absolute atomic E-state index is 0.107. The largest absolute Gasteiger partial charge is 0.486 e. The molecule has 0 saturated carbocycles. The lowest BCUT2D eigenvalue weighted by Crippen LogP contribution is -2.19. The van der Waals surface area contributed by atoms with Crippen LogP contribution in [0.5, 0.6) is 11.5 Å². The van der Waals surface area contributed by atoms with Crippen LogP contribution in [0.15, 0.2) is 30.3 Å². The number of fused-ring (bicyclic) bond motifs is 1. The molecule has 1 N–H and O–H groups in total. The SMILES string of the molecule is O=C(Nc1ccc(Cl)c(C(F)(F)F)c1)c1cc2c(cc1[N+](=O)[O-])OCCO2. The molecule has 0 unspecified atom stereocenters. The number of amides is 1. The number of carbonyl (C=O) groups is 1. The second-order valence-electron chi connectivity index (χ2n) is 5.42. The maximum atomic E-state index is 12.9.